The summed E-state index contributed by atoms with van der Waals surface area (Å²) in [6.45, 7) is 2.03. The van der Waals surface area contributed by atoms with Gasteiger partial charge in [0.2, 0.25) is 11.6 Å². The highest BCUT2D eigenvalue weighted by atomic mass is 16.5. The Morgan fingerprint density at radius 2 is 1.31 bits per heavy atom. The van der Waals surface area contributed by atoms with Crippen LogP contribution in [0.25, 0.3) is 0 Å². The number of carbonyl (C=O) groups excluding carboxylic acids is 2. The lowest BCUT2D eigenvalue weighted by Crippen LogP contribution is -2.48. The summed E-state index contributed by atoms with van der Waals surface area (Å²) in [5.74, 6) is -0.550. The van der Waals surface area contributed by atoms with Crippen LogP contribution in [0.5, 0.6) is 0 Å². The average Bonchev–Trinajstić information content (AvgIpc) is 2.82. The normalized spacial score (nSPS) is 10.6. The minimum atomic E-state index is -1.46. The fraction of sp³-hybridized carbons (Fsp3) is 0.261. The van der Waals surface area contributed by atoms with E-state index in [9.17, 15) is 9.59 Å². The largest absolute Gasteiger partial charge is 0.362 e. The number of aromatic nitrogens is 3. The van der Waals surface area contributed by atoms with Gasteiger partial charge in [0.25, 0.3) is 0 Å². The second kappa shape index (κ2) is 11.6. The third-order valence-corrected chi connectivity index (χ3v) is 4.45. The molecule has 0 saturated carbocycles. The standard InChI is InChI=1S/C20H22O3.C3H3N3/c1-3-4-15-20(23-2,18(21)16-11-7-5-8-12-16)19(22)17-13-9-6-10-14-17;1-2-4-6-5-3-1/h5-14H,3-4,15H2,1-2H3;1-3H. The predicted molar refractivity (Wildman–Crippen MR) is 111 cm³/mol. The van der Waals surface area contributed by atoms with Crippen molar-refractivity contribution < 1.29 is 14.3 Å². The summed E-state index contributed by atoms with van der Waals surface area (Å²) in [4.78, 5) is 26.1. The van der Waals surface area contributed by atoms with E-state index in [2.05, 4.69) is 15.4 Å². The molecule has 3 rings (SSSR count). The van der Waals surface area contributed by atoms with Gasteiger partial charge in [0.15, 0.2) is 5.60 Å². The predicted octanol–water partition coefficient (Wildman–Crippen LogP) is 4.20. The Morgan fingerprint density at radius 3 is 1.62 bits per heavy atom. The van der Waals surface area contributed by atoms with Crippen LogP contribution in [0, 0.1) is 0 Å². The van der Waals surface area contributed by atoms with Crippen molar-refractivity contribution in [3.05, 3.63) is 90.3 Å². The van der Waals surface area contributed by atoms with E-state index >= 15 is 0 Å². The van der Waals surface area contributed by atoms with Gasteiger partial charge in [-0.2, -0.15) is 0 Å². The molecule has 0 N–H and O–H groups in total. The fourth-order valence-corrected chi connectivity index (χ4v) is 2.89. The summed E-state index contributed by atoms with van der Waals surface area (Å²) in [6, 6.07) is 19.5. The zero-order chi connectivity index (χ0) is 21.0. The van der Waals surface area contributed by atoms with Crippen molar-refractivity contribution in [3.8, 4) is 0 Å². The highest BCUT2D eigenvalue weighted by molar-refractivity contribution is 6.22. The first kappa shape index (κ1) is 22.0. The zero-order valence-corrected chi connectivity index (χ0v) is 16.7. The number of nitrogens with zero attached hydrogens (tertiary/aromatic N) is 3. The lowest BCUT2D eigenvalue weighted by molar-refractivity contribution is 0.00383. The van der Waals surface area contributed by atoms with Gasteiger partial charge < -0.3 is 4.74 Å². The number of benzene rings is 2. The summed E-state index contributed by atoms with van der Waals surface area (Å²) >= 11 is 0. The first-order chi connectivity index (χ1) is 14.2. The van der Waals surface area contributed by atoms with E-state index < -0.39 is 5.60 Å². The number of hydrogen-bond acceptors (Lipinski definition) is 6. The number of hydrogen-bond donors (Lipinski definition) is 0. The van der Waals surface area contributed by atoms with E-state index in [0.717, 1.165) is 12.8 Å². The number of carbonyl (C=O) groups is 2. The quantitative estimate of drug-likeness (QED) is 0.423. The van der Waals surface area contributed by atoms with Crippen LogP contribution in [0.2, 0.25) is 0 Å². The number of ether oxygens (including phenoxy) is 1. The van der Waals surface area contributed by atoms with Crippen molar-refractivity contribution in [2.24, 2.45) is 0 Å². The van der Waals surface area contributed by atoms with E-state index in [1.807, 2.05) is 19.1 Å². The second-order valence-corrected chi connectivity index (χ2v) is 6.34. The molecule has 0 bridgehead atoms. The average molecular weight is 391 g/mol. The lowest BCUT2D eigenvalue weighted by atomic mass is 9.81. The Hall–Kier alpha value is -3.25. The molecule has 0 aliphatic heterocycles. The molecule has 6 nitrogen and oxygen atoms in total. The summed E-state index contributed by atoms with van der Waals surface area (Å²) < 4.78 is 5.57. The molecule has 0 amide bonds. The second-order valence-electron chi connectivity index (χ2n) is 6.34. The van der Waals surface area contributed by atoms with Crippen LogP contribution in [0.3, 0.4) is 0 Å². The van der Waals surface area contributed by atoms with E-state index in [4.69, 9.17) is 4.74 Å². The SMILES string of the molecule is CCCCC(OC)(C(=O)c1ccccc1)C(=O)c1ccccc1.c1cnnnc1. The minimum Gasteiger partial charge on any atom is -0.362 e. The smallest absolute Gasteiger partial charge is 0.202 e. The van der Waals surface area contributed by atoms with Gasteiger partial charge in [0, 0.05) is 18.2 Å². The topological polar surface area (TPSA) is 82.0 Å². The summed E-state index contributed by atoms with van der Waals surface area (Å²) in [7, 11) is 1.44. The molecule has 29 heavy (non-hydrogen) atoms. The van der Waals surface area contributed by atoms with E-state index in [-0.39, 0.29) is 11.6 Å². The minimum absolute atomic E-state index is 0.275. The van der Waals surface area contributed by atoms with E-state index in [0.29, 0.717) is 17.5 Å². The van der Waals surface area contributed by atoms with Crippen molar-refractivity contribution in [1.82, 2.24) is 15.4 Å². The molecule has 150 valence electrons. The monoisotopic (exact) mass is 391 g/mol. The van der Waals surface area contributed by atoms with Crippen molar-refractivity contribution in [2.75, 3.05) is 7.11 Å². The molecule has 0 unspecified atom stereocenters. The third-order valence-electron chi connectivity index (χ3n) is 4.45. The van der Waals surface area contributed by atoms with Crippen LogP contribution in [0.4, 0.5) is 0 Å². The molecule has 3 aromatic rings. The van der Waals surface area contributed by atoms with Crippen LogP contribution < -0.4 is 0 Å². The van der Waals surface area contributed by atoms with Crippen molar-refractivity contribution in [1.29, 1.82) is 0 Å². The Morgan fingerprint density at radius 1 is 0.828 bits per heavy atom. The molecule has 1 heterocycles. The van der Waals surface area contributed by atoms with Gasteiger partial charge in [-0.1, -0.05) is 74.0 Å². The van der Waals surface area contributed by atoms with Gasteiger partial charge in [0.05, 0.1) is 12.4 Å². The number of rotatable bonds is 8. The molecular weight excluding hydrogens is 366 g/mol. The van der Waals surface area contributed by atoms with Crippen LogP contribution in [0.1, 0.15) is 46.9 Å². The molecule has 6 heteroatoms. The Labute approximate surface area is 171 Å². The lowest BCUT2D eigenvalue weighted by Gasteiger charge is -2.29. The highest BCUT2D eigenvalue weighted by Crippen LogP contribution is 2.28. The molecule has 0 atom stereocenters. The van der Waals surface area contributed by atoms with Crippen LogP contribution in [-0.2, 0) is 4.74 Å². The molecule has 2 aromatic carbocycles. The molecule has 0 fully saturated rings. The first-order valence-corrected chi connectivity index (χ1v) is 9.49. The molecule has 0 saturated heterocycles. The molecule has 0 radical (unpaired) electrons. The first-order valence-electron chi connectivity index (χ1n) is 9.49. The van der Waals surface area contributed by atoms with Gasteiger partial charge in [-0.3, -0.25) is 9.59 Å². The van der Waals surface area contributed by atoms with Gasteiger partial charge in [0.1, 0.15) is 0 Å². The maximum Gasteiger partial charge on any atom is 0.202 e. The maximum atomic E-state index is 13.1. The van der Waals surface area contributed by atoms with Crippen LogP contribution in [0.15, 0.2) is 79.1 Å². The highest BCUT2D eigenvalue weighted by Gasteiger charge is 2.45. The summed E-state index contributed by atoms with van der Waals surface area (Å²) in [6.07, 6.45) is 5.15. The molecule has 0 aliphatic carbocycles. The van der Waals surface area contributed by atoms with Crippen molar-refractivity contribution in [3.63, 3.8) is 0 Å². The van der Waals surface area contributed by atoms with Crippen LogP contribution >= 0.6 is 0 Å². The van der Waals surface area contributed by atoms with E-state index in [1.165, 1.54) is 7.11 Å². The third kappa shape index (κ3) is 5.86. The van der Waals surface area contributed by atoms with Crippen molar-refractivity contribution >= 4 is 11.6 Å². The van der Waals surface area contributed by atoms with E-state index in [1.54, 1.807) is 67.0 Å². The Kier molecular flexibility index (Phi) is 8.79. The number of ketones is 2. The van der Waals surface area contributed by atoms with Gasteiger partial charge >= 0.3 is 0 Å². The number of methoxy groups -OCH3 is 1. The molecule has 1 aromatic heterocycles. The van der Waals surface area contributed by atoms with Crippen molar-refractivity contribution in [2.45, 2.75) is 31.8 Å². The number of unbranched alkanes of at least 4 members (excludes halogenated alkanes) is 1. The Bertz CT molecular complexity index is 793. The van der Waals surface area contributed by atoms with Gasteiger partial charge in [-0.25, -0.2) is 0 Å². The van der Waals surface area contributed by atoms with Crippen LogP contribution in [-0.4, -0.2) is 39.7 Å². The Balaban J connectivity index is 0.000000426. The summed E-state index contributed by atoms with van der Waals surface area (Å²) in [5.41, 5.74) is -0.469. The zero-order valence-electron chi connectivity index (χ0n) is 16.7. The molecule has 0 aliphatic rings. The number of Topliss-reactive ketones (excluding diaryl/α,β-unsaturated/α-hetero) is 2. The van der Waals surface area contributed by atoms with Gasteiger partial charge in [-0.15, -0.1) is 10.2 Å². The fourth-order valence-electron chi connectivity index (χ4n) is 2.89. The maximum absolute atomic E-state index is 13.1. The summed E-state index contributed by atoms with van der Waals surface area (Å²) in [5, 5.41) is 10.1. The molecular formula is C23H25N3O3. The molecule has 0 spiro atoms. The van der Waals surface area contributed by atoms with Gasteiger partial charge in [-0.05, 0) is 24.1 Å².